The van der Waals surface area contributed by atoms with Gasteiger partial charge in [0.05, 0.1) is 20.6 Å². The summed E-state index contributed by atoms with van der Waals surface area (Å²) in [6, 6.07) is 3.92. The first kappa shape index (κ1) is 20.7. The van der Waals surface area contributed by atoms with Gasteiger partial charge in [0.15, 0.2) is 18.1 Å². The molecule has 4 fully saturated rings. The summed E-state index contributed by atoms with van der Waals surface area (Å²) in [5.41, 5.74) is 2.37. The van der Waals surface area contributed by atoms with Crippen LogP contribution >= 0.6 is 0 Å². The standard InChI is InChI=1S/C25H33NO5/c1-29-21-8-19-3-4-26(14-20(19)9-22(21)30-2)23(27)15-31-24(28)13-25-10-16-5-17(11-25)7-18(6-16)12-25/h8-9,16-18H,3-7,10-15H2,1-2H3. The van der Waals surface area contributed by atoms with Gasteiger partial charge >= 0.3 is 5.97 Å². The molecule has 0 spiro atoms. The summed E-state index contributed by atoms with van der Waals surface area (Å²) >= 11 is 0. The van der Waals surface area contributed by atoms with Gasteiger partial charge < -0.3 is 19.1 Å². The molecule has 0 unspecified atom stereocenters. The van der Waals surface area contributed by atoms with E-state index in [4.69, 9.17) is 14.2 Å². The molecule has 4 saturated carbocycles. The summed E-state index contributed by atoms with van der Waals surface area (Å²) in [7, 11) is 3.24. The number of rotatable bonds is 6. The minimum absolute atomic E-state index is 0.126. The minimum Gasteiger partial charge on any atom is -0.493 e. The number of esters is 1. The molecule has 0 atom stereocenters. The smallest absolute Gasteiger partial charge is 0.306 e. The lowest BCUT2D eigenvalue weighted by Crippen LogP contribution is -2.47. The number of nitrogens with zero attached hydrogens (tertiary/aromatic N) is 1. The molecule has 1 aromatic rings. The van der Waals surface area contributed by atoms with E-state index in [0.717, 1.165) is 29.7 Å². The molecule has 4 bridgehead atoms. The van der Waals surface area contributed by atoms with Crippen molar-refractivity contribution in [2.45, 2.75) is 57.9 Å². The van der Waals surface area contributed by atoms with Crippen molar-refractivity contribution in [2.24, 2.45) is 23.2 Å². The Kier molecular flexibility index (Phi) is 5.35. The van der Waals surface area contributed by atoms with Crippen LogP contribution in [-0.4, -0.2) is 44.1 Å². The zero-order valence-electron chi connectivity index (χ0n) is 18.7. The quantitative estimate of drug-likeness (QED) is 0.647. The average molecular weight is 428 g/mol. The van der Waals surface area contributed by atoms with Crippen LogP contribution in [0.25, 0.3) is 0 Å². The zero-order valence-corrected chi connectivity index (χ0v) is 18.7. The third-order valence-electron chi connectivity index (χ3n) is 8.11. The lowest BCUT2D eigenvalue weighted by molar-refractivity contribution is -0.158. The monoisotopic (exact) mass is 427 g/mol. The Morgan fingerprint density at radius 3 is 2.13 bits per heavy atom. The highest BCUT2D eigenvalue weighted by molar-refractivity contribution is 5.81. The maximum Gasteiger partial charge on any atom is 0.306 e. The van der Waals surface area contributed by atoms with Crippen LogP contribution in [0.1, 0.15) is 56.1 Å². The SMILES string of the molecule is COc1cc2c(cc1OC)CN(C(=O)COC(=O)CC13CC4CC(CC(C4)C1)C3)CC2. The summed E-state index contributed by atoms with van der Waals surface area (Å²) < 4.78 is 16.3. The molecule has 6 rings (SSSR count). The third-order valence-corrected chi connectivity index (χ3v) is 8.11. The summed E-state index contributed by atoms with van der Waals surface area (Å²) in [5.74, 6) is 3.48. The highest BCUT2D eigenvalue weighted by Gasteiger charge is 2.51. The van der Waals surface area contributed by atoms with Crippen LogP contribution < -0.4 is 9.47 Å². The molecule has 168 valence electrons. The van der Waals surface area contributed by atoms with E-state index in [0.29, 0.717) is 31.0 Å². The van der Waals surface area contributed by atoms with Crippen LogP contribution in [0.4, 0.5) is 0 Å². The Morgan fingerprint density at radius 1 is 0.968 bits per heavy atom. The van der Waals surface area contributed by atoms with Gasteiger partial charge in [-0.15, -0.1) is 0 Å². The summed E-state index contributed by atoms with van der Waals surface area (Å²) in [4.78, 5) is 27.2. The van der Waals surface area contributed by atoms with Crippen LogP contribution in [0.2, 0.25) is 0 Å². The van der Waals surface area contributed by atoms with E-state index >= 15 is 0 Å². The maximum absolute atomic E-state index is 12.7. The van der Waals surface area contributed by atoms with Gasteiger partial charge in [-0.3, -0.25) is 9.59 Å². The number of amides is 1. The van der Waals surface area contributed by atoms with Gasteiger partial charge in [0.1, 0.15) is 0 Å². The highest BCUT2D eigenvalue weighted by Crippen LogP contribution is 2.61. The van der Waals surface area contributed by atoms with E-state index in [9.17, 15) is 9.59 Å². The topological polar surface area (TPSA) is 65.1 Å². The van der Waals surface area contributed by atoms with Gasteiger partial charge in [0.25, 0.3) is 5.91 Å². The largest absolute Gasteiger partial charge is 0.493 e. The Bertz CT molecular complexity index is 844. The fourth-order valence-corrected chi connectivity index (χ4v) is 7.19. The van der Waals surface area contributed by atoms with Crippen LogP contribution in [0.3, 0.4) is 0 Å². The first-order chi connectivity index (χ1) is 15.0. The molecule has 5 aliphatic rings. The first-order valence-corrected chi connectivity index (χ1v) is 11.6. The number of ether oxygens (including phenoxy) is 3. The second-order valence-electron chi connectivity index (χ2n) is 10.3. The molecule has 1 heterocycles. The lowest BCUT2D eigenvalue weighted by Gasteiger charge is -2.56. The van der Waals surface area contributed by atoms with Crippen LogP contribution in [0.15, 0.2) is 12.1 Å². The van der Waals surface area contributed by atoms with Crippen LogP contribution in [0.5, 0.6) is 11.5 Å². The fraction of sp³-hybridized carbons (Fsp3) is 0.680. The summed E-state index contributed by atoms with van der Waals surface area (Å²) in [5, 5.41) is 0. The second kappa shape index (κ2) is 8.03. The van der Waals surface area contributed by atoms with E-state index < -0.39 is 0 Å². The molecule has 0 saturated heterocycles. The Labute approximate surface area is 184 Å². The van der Waals surface area contributed by atoms with Gasteiger partial charge in [-0.25, -0.2) is 0 Å². The first-order valence-electron chi connectivity index (χ1n) is 11.6. The Balaban J connectivity index is 1.16. The predicted octanol–water partition coefficient (Wildman–Crippen LogP) is 3.74. The van der Waals surface area contributed by atoms with Crippen LogP contribution in [0, 0.1) is 23.2 Å². The predicted molar refractivity (Wildman–Crippen MR) is 115 cm³/mol. The number of hydrogen-bond acceptors (Lipinski definition) is 5. The summed E-state index contributed by atoms with van der Waals surface area (Å²) in [6.45, 7) is 0.961. The molecule has 1 amide bonds. The third kappa shape index (κ3) is 4.01. The molecule has 4 aliphatic carbocycles. The molecule has 0 N–H and O–H groups in total. The van der Waals surface area contributed by atoms with Crippen molar-refractivity contribution >= 4 is 11.9 Å². The highest BCUT2D eigenvalue weighted by atomic mass is 16.5. The maximum atomic E-state index is 12.7. The van der Waals surface area contributed by atoms with Gasteiger partial charge in [0.2, 0.25) is 0 Å². The molecule has 31 heavy (non-hydrogen) atoms. The van der Waals surface area contributed by atoms with Gasteiger partial charge in [-0.05, 0) is 91.4 Å². The molecule has 6 heteroatoms. The number of carbonyl (C=O) groups excluding carboxylic acids is 2. The van der Waals surface area contributed by atoms with E-state index in [1.54, 1.807) is 19.1 Å². The molecule has 1 aliphatic heterocycles. The molecular weight excluding hydrogens is 394 g/mol. The van der Waals surface area contributed by atoms with E-state index in [2.05, 4.69) is 0 Å². The van der Waals surface area contributed by atoms with Crippen molar-refractivity contribution in [2.75, 3.05) is 27.4 Å². The van der Waals surface area contributed by atoms with Crippen molar-refractivity contribution in [3.8, 4) is 11.5 Å². The Hall–Kier alpha value is -2.24. The number of hydrogen-bond donors (Lipinski definition) is 0. The molecule has 0 aromatic heterocycles. The number of benzene rings is 1. The van der Waals surface area contributed by atoms with E-state index in [1.807, 2.05) is 12.1 Å². The zero-order chi connectivity index (χ0) is 21.6. The van der Waals surface area contributed by atoms with Crippen molar-refractivity contribution in [1.82, 2.24) is 4.90 Å². The van der Waals surface area contributed by atoms with Crippen molar-refractivity contribution in [1.29, 1.82) is 0 Å². The van der Waals surface area contributed by atoms with Gasteiger partial charge in [-0.2, -0.15) is 0 Å². The summed E-state index contributed by atoms with van der Waals surface area (Å²) in [6.07, 6.45) is 8.86. The number of fused-ring (bicyclic) bond motifs is 1. The molecule has 6 nitrogen and oxygen atoms in total. The second-order valence-corrected chi connectivity index (χ2v) is 10.3. The molecule has 0 radical (unpaired) electrons. The average Bonchev–Trinajstić information content (AvgIpc) is 2.74. The van der Waals surface area contributed by atoms with E-state index in [-0.39, 0.29) is 23.9 Å². The fourth-order valence-electron chi connectivity index (χ4n) is 7.19. The van der Waals surface area contributed by atoms with Crippen molar-refractivity contribution < 1.29 is 23.8 Å². The van der Waals surface area contributed by atoms with Crippen LogP contribution in [-0.2, 0) is 27.3 Å². The molecule has 1 aromatic carbocycles. The molecular formula is C25H33NO5. The Morgan fingerprint density at radius 2 is 1.55 bits per heavy atom. The van der Waals surface area contributed by atoms with Gasteiger partial charge in [-0.1, -0.05) is 0 Å². The normalized spacial score (nSPS) is 30.6. The van der Waals surface area contributed by atoms with E-state index in [1.165, 1.54) is 44.1 Å². The lowest BCUT2D eigenvalue weighted by atomic mass is 9.49. The minimum atomic E-state index is -0.195. The van der Waals surface area contributed by atoms with Crippen molar-refractivity contribution in [3.05, 3.63) is 23.3 Å². The number of carbonyl (C=O) groups is 2. The van der Waals surface area contributed by atoms with Crippen molar-refractivity contribution in [3.63, 3.8) is 0 Å². The number of methoxy groups -OCH3 is 2. The van der Waals surface area contributed by atoms with Gasteiger partial charge in [0, 0.05) is 13.1 Å².